The maximum Gasteiger partial charge on any atom is 0.243 e. The number of rotatable bonds is 5. The highest BCUT2D eigenvalue weighted by atomic mass is 35.5. The molecule has 2 rings (SSSR count). The van der Waals surface area contributed by atoms with Crippen molar-refractivity contribution in [1.29, 1.82) is 0 Å². The maximum atomic E-state index is 11.7. The lowest BCUT2D eigenvalue weighted by atomic mass is 10.4. The van der Waals surface area contributed by atoms with Gasteiger partial charge >= 0.3 is 0 Å². The molecule has 1 aromatic heterocycles. The average molecular weight is 326 g/mol. The molecule has 1 amide bonds. The number of likely N-dealkylation sites (N-methyl/N-ethyl adjacent to an activating group) is 1. The Kier molecular flexibility index (Phi) is 5.34. The van der Waals surface area contributed by atoms with Crippen molar-refractivity contribution in [2.24, 2.45) is 12.0 Å². The molecule has 22 heavy (non-hydrogen) atoms. The first-order chi connectivity index (χ1) is 10.4. The van der Waals surface area contributed by atoms with Gasteiger partial charge in [-0.15, -0.1) is 0 Å². The summed E-state index contributed by atoms with van der Waals surface area (Å²) in [5.74, 6) is 0.750. The Morgan fingerprint density at radius 3 is 2.64 bits per heavy atom. The zero-order valence-corrected chi connectivity index (χ0v) is 14.4. The van der Waals surface area contributed by atoms with Crippen LogP contribution in [0.2, 0.25) is 5.02 Å². The van der Waals surface area contributed by atoms with Crippen molar-refractivity contribution in [2.45, 2.75) is 25.4 Å². The summed E-state index contributed by atoms with van der Waals surface area (Å²) in [4.78, 5) is 19.8. The number of nitrogens with one attached hydrogen (secondary N) is 1. The molecule has 0 atom stereocenters. The Morgan fingerprint density at radius 1 is 1.45 bits per heavy atom. The van der Waals surface area contributed by atoms with Crippen LogP contribution in [0.1, 0.15) is 18.5 Å². The fourth-order valence-corrected chi connectivity index (χ4v) is 2.28. The summed E-state index contributed by atoms with van der Waals surface area (Å²) in [5, 5.41) is 4.12. The van der Waals surface area contributed by atoms with Gasteiger partial charge in [0.15, 0.2) is 5.96 Å². The molecule has 1 saturated carbocycles. The molecule has 0 aromatic carbocycles. The van der Waals surface area contributed by atoms with Crippen LogP contribution in [0.15, 0.2) is 17.3 Å². The molecule has 0 radical (unpaired) electrons. The Bertz CT molecular complexity index is 562. The van der Waals surface area contributed by atoms with Gasteiger partial charge < -0.3 is 19.7 Å². The summed E-state index contributed by atoms with van der Waals surface area (Å²) < 4.78 is 2.00. The van der Waals surface area contributed by atoms with Gasteiger partial charge in [0.1, 0.15) is 6.54 Å². The summed E-state index contributed by atoms with van der Waals surface area (Å²) in [7, 11) is 7.41. The molecule has 6 nitrogen and oxygen atoms in total. The van der Waals surface area contributed by atoms with Crippen molar-refractivity contribution in [3.63, 3.8) is 0 Å². The third-order valence-corrected chi connectivity index (χ3v) is 3.82. The summed E-state index contributed by atoms with van der Waals surface area (Å²) in [5.41, 5.74) is 1.09. The quantitative estimate of drug-likeness (QED) is 0.656. The minimum absolute atomic E-state index is 0.00888. The van der Waals surface area contributed by atoms with Gasteiger partial charge in [0.2, 0.25) is 5.91 Å². The zero-order chi connectivity index (χ0) is 16.3. The highest BCUT2D eigenvalue weighted by Crippen LogP contribution is 2.19. The van der Waals surface area contributed by atoms with Crippen LogP contribution in [0.25, 0.3) is 0 Å². The van der Waals surface area contributed by atoms with Gasteiger partial charge in [-0.1, -0.05) is 11.6 Å². The first-order valence-corrected chi connectivity index (χ1v) is 7.77. The minimum Gasteiger partial charge on any atom is -0.353 e. The van der Waals surface area contributed by atoms with Crippen LogP contribution in [-0.2, 0) is 18.4 Å². The van der Waals surface area contributed by atoms with E-state index in [9.17, 15) is 4.79 Å². The Hall–Kier alpha value is -1.69. The van der Waals surface area contributed by atoms with Gasteiger partial charge in [-0.3, -0.25) is 4.79 Å². The van der Waals surface area contributed by atoms with Gasteiger partial charge in [-0.2, -0.15) is 0 Å². The van der Waals surface area contributed by atoms with Gasteiger partial charge in [0.05, 0.1) is 11.6 Å². The number of carbonyl (C=O) groups excluding carboxylic acids is 1. The molecular formula is C15H24ClN5O. The van der Waals surface area contributed by atoms with E-state index in [1.165, 1.54) is 0 Å². The SMILES string of the molecule is CN(C)C(=O)CN=C(NC1CC1)N(C)Cc1cc(Cl)cn1C. The van der Waals surface area contributed by atoms with Gasteiger partial charge in [0, 0.05) is 46.1 Å². The Balaban J connectivity index is 2.04. The van der Waals surface area contributed by atoms with Crippen LogP contribution in [0.4, 0.5) is 0 Å². The summed E-state index contributed by atoms with van der Waals surface area (Å²) in [6.07, 6.45) is 4.19. The van der Waals surface area contributed by atoms with E-state index < -0.39 is 0 Å². The van der Waals surface area contributed by atoms with Crippen molar-refractivity contribution in [2.75, 3.05) is 27.7 Å². The number of carbonyl (C=O) groups is 1. The molecule has 0 unspecified atom stereocenters. The summed E-state index contributed by atoms with van der Waals surface area (Å²) in [6, 6.07) is 2.42. The zero-order valence-electron chi connectivity index (χ0n) is 13.6. The Labute approximate surface area is 136 Å². The molecule has 1 heterocycles. The third-order valence-electron chi connectivity index (χ3n) is 3.61. The standard InChI is InChI=1S/C15H24ClN5O/c1-19(2)14(22)8-17-15(18-12-5-6-12)21(4)10-13-7-11(16)9-20(13)3/h7,9,12H,5-6,8,10H2,1-4H3,(H,17,18). The first kappa shape index (κ1) is 16.7. The van der Waals surface area contributed by atoms with E-state index in [1.54, 1.807) is 19.0 Å². The lowest BCUT2D eigenvalue weighted by molar-refractivity contribution is -0.127. The molecular weight excluding hydrogens is 302 g/mol. The number of guanidine groups is 1. The predicted molar refractivity (Wildman–Crippen MR) is 89.0 cm³/mol. The van der Waals surface area contributed by atoms with Crippen LogP contribution in [0.5, 0.6) is 0 Å². The largest absolute Gasteiger partial charge is 0.353 e. The molecule has 0 spiro atoms. The number of aliphatic imine (C=N–C) groups is 1. The molecule has 122 valence electrons. The molecule has 1 aliphatic rings. The van der Waals surface area contributed by atoms with E-state index in [1.807, 2.05) is 35.8 Å². The monoisotopic (exact) mass is 325 g/mol. The van der Waals surface area contributed by atoms with Crippen molar-refractivity contribution < 1.29 is 4.79 Å². The van der Waals surface area contributed by atoms with Crippen LogP contribution in [0.3, 0.4) is 0 Å². The smallest absolute Gasteiger partial charge is 0.243 e. The third kappa shape index (κ3) is 4.66. The molecule has 1 aromatic rings. The minimum atomic E-state index is -0.00888. The second-order valence-corrected chi connectivity index (χ2v) is 6.40. The van der Waals surface area contributed by atoms with Crippen molar-refractivity contribution in [1.82, 2.24) is 19.7 Å². The van der Waals surface area contributed by atoms with Gasteiger partial charge in [-0.05, 0) is 18.9 Å². The summed E-state index contributed by atoms with van der Waals surface area (Å²) in [6.45, 7) is 0.832. The fraction of sp³-hybridized carbons (Fsp3) is 0.600. The van der Waals surface area contributed by atoms with Crippen LogP contribution >= 0.6 is 11.6 Å². The van der Waals surface area contributed by atoms with Crippen LogP contribution in [0, 0.1) is 0 Å². The molecule has 0 saturated heterocycles. The summed E-state index contributed by atoms with van der Waals surface area (Å²) >= 11 is 6.03. The number of nitrogens with zero attached hydrogens (tertiary/aromatic N) is 4. The molecule has 0 aliphatic heterocycles. The topological polar surface area (TPSA) is 52.9 Å². The average Bonchev–Trinajstić information content (AvgIpc) is 3.20. The predicted octanol–water partition coefficient (Wildman–Crippen LogP) is 1.31. The highest BCUT2D eigenvalue weighted by Gasteiger charge is 2.24. The number of halogens is 1. The van der Waals surface area contributed by atoms with E-state index in [-0.39, 0.29) is 12.5 Å². The van der Waals surface area contributed by atoms with Crippen LogP contribution < -0.4 is 5.32 Å². The molecule has 7 heteroatoms. The number of aromatic nitrogens is 1. The number of amides is 1. The van der Waals surface area contributed by atoms with E-state index in [4.69, 9.17) is 11.6 Å². The molecule has 1 fully saturated rings. The van der Waals surface area contributed by atoms with Crippen molar-refractivity contribution >= 4 is 23.5 Å². The van der Waals surface area contributed by atoms with Crippen LogP contribution in [-0.4, -0.2) is 60.0 Å². The van der Waals surface area contributed by atoms with Gasteiger partial charge in [-0.25, -0.2) is 4.99 Å². The van der Waals surface area contributed by atoms with E-state index in [0.717, 1.165) is 29.5 Å². The normalized spacial score (nSPS) is 14.9. The molecule has 1 aliphatic carbocycles. The van der Waals surface area contributed by atoms with E-state index in [2.05, 4.69) is 10.3 Å². The number of aryl methyl sites for hydroxylation is 1. The van der Waals surface area contributed by atoms with E-state index in [0.29, 0.717) is 12.6 Å². The molecule has 0 bridgehead atoms. The van der Waals surface area contributed by atoms with Crippen molar-refractivity contribution in [3.05, 3.63) is 23.0 Å². The molecule has 1 N–H and O–H groups in total. The van der Waals surface area contributed by atoms with Gasteiger partial charge in [0.25, 0.3) is 0 Å². The lowest BCUT2D eigenvalue weighted by Gasteiger charge is -2.23. The number of hydrogen-bond acceptors (Lipinski definition) is 2. The fourth-order valence-electron chi connectivity index (χ4n) is 2.01. The lowest BCUT2D eigenvalue weighted by Crippen LogP contribution is -2.41. The first-order valence-electron chi connectivity index (χ1n) is 7.40. The second-order valence-electron chi connectivity index (χ2n) is 5.96. The Morgan fingerprint density at radius 2 is 2.14 bits per heavy atom. The maximum absolute atomic E-state index is 11.7. The van der Waals surface area contributed by atoms with E-state index >= 15 is 0 Å². The second kappa shape index (κ2) is 7.05. The number of hydrogen-bond donors (Lipinski definition) is 1. The highest BCUT2D eigenvalue weighted by molar-refractivity contribution is 6.30. The van der Waals surface area contributed by atoms with Crippen molar-refractivity contribution in [3.8, 4) is 0 Å².